The zero-order valence-corrected chi connectivity index (χ0v) is 5.32. The van der Waals surface area contributed by atoms with Gasteiger partial charge >= 0.3 is 0 Å². The molecule has 0 bridgehead atoms. The first-order valence-corrected chi connectivity index (χ1v) is 2.76. The van der Waals surface area contributed by atoms with Gasteiger partial charge < -0.3 is 10.9 Å². The first-order chi connectivity index (χ1) is 3.95. The molecule has 4 N–H and O–H groups in total. The molecular weight excluding hydrogens is 124 g/mol. The standard InChI is InChI=1S/C4H12N2O3/c1-2-4(5)3-6(7,8)9/h4,7-8H,2-3,5H2,1H3. The Hall–Kier alpha value is -0.200. The van der Waals surface area contributed by atoms with Crippen molar-refractivity contribution in [2.45, 2.75) is 19.4 Å². The van der Waals surface area contributed by atoms with Crippen LogP contribution in [0.15, 0.2) is 0 Å². The van der Waals surface area contributed by atoms with E-state index in [0.717, 1.165) is 0 Å². The van der Waals surface area contributed by atoms with Gasteiger partial charge in [0.15, 0.2) is 6.54 Å². The number of nitrogens with zero attached hydrogens (tertiary/aromatic N) is 1. The molecule has 1 unspecified atom stereocenters. The summed E-state index contributed by atoms with van der Waals surface area (Å²) in [6.07, 6.45) is 0.559. The van der Waals surface area contributed by atoms with Crippen LogP contribution in [0.25, 0.3) is 0 Å². The highest BCUT2D eigenvalue weighted by molar-refractivity contribution is 4.53. The highest BCUT2D eigenvalue weighted by Crippen LogP contribution is 1.95. The van der Waals surface area contributed by atoms with Crippen molar-refractivity contribution in [2.75, 3.05) is 6.54 Å². The second kappa shape index (κ2) is 3.09. The first kappa shape index (κ1) is 8.80. The Morgan fingerprint density at radius 3 is 2.22 bits per heavy atom. The topological polar surface area (TPSA) is 89.5 Å². The van der Waals surface area contributed by atoms with E-state index in [1.165, 1.54) is 0 Å². The Balaban J connectivity index is 3.47. The fourth-order valence-electron chi connectivity index (χ4n) is 0.435. The molecule has 5 nitrogen and oxygen atoms in total. The molecular formula is C4H12N2O3. The van der Waals surface area contributed by atoms with Crippen molar-refractivity contribution < 1.29 is 15.4 Å². The Kier molecular flexibility index (Phi) is 3.02. The highest BCUT2D eigenvalue weighted by atomic mass is 17.1. The minimum Gasteiger partial charge on any atom is -0.564 e. The van der Waals surface area contributed by atoms with Gasteiger partial charge in [-0.3, -0.25) is 0 Å². The van der Waals surface area contributed by atoms with Gasteiger partial charge in [-0.2, -0.15) is 10.4 Å². The number of quaternary nitrogens is 1. The van der Waals surface area contributed by atoms with Crippen molar-refractivity contribution in [1.82, 2.24) is 0 Å². The van der Waals surface area contributed by atoms with Crippen LogP contribution in [-0.2, 0) is 0 Å². The van der Waals surface area contributed by atoms with E-state index in [1.54, 1.807) is 6.92 Å². The Labute approximate surface area is 53.4 Å². The summed E-state index contributed by atoms with van der Waals surface area (Å²) in [6, 6.07) is -0.447. The quantitative estimate of drug-likeness (QED) is 0.370. The van der Waals surface area contributed by atoms with Crippen LogP contribution in [0.3, 0.4) is 0 Å². The molecule has 0 heterocycles. The van der Waals surface area contributed by atoms with Crippen LogP contribution in [0.5, 0.6) is 0 Å². The lowest BCUT2D eigenvalue weighted by atomic mass is 10.2. The second-order valence-corrected chi connectivity index (χ2v) is 2.02. The van der Waals surface area contributed by atoms with Crippen LogP contribution in [0.2, 0.25) is 0 Å². The molecule has 0 amide bonds. The summed E-state index contributed by atoms with van der Waals surface area (Å²) in [4.78, 5) is -2.28. The fourth-order valence-corrected chi connectivity index (χ4v) is 0.435. The van der Waals surface area contributed by atoms with Crippen LogP contribution in [0, 0.1) is 5.21 Å². The maximum Gasteiger partial charge on any atom is 0.157 e. The summed E-state index contributed by atoms with van der Waals surface area (Å²) in [5, 5.41) is 26.4. The van der Waals surface area contributed by atoms with Gasteiger partial charge in [0, 0.05) is 0 Å². The van der Waals surface area contributed by atoms with Gasteiger partial charge in [-0.1, -0.05) is 11.9 Å². The van der Waals surface area contributed by atoms with Crippen molar-refractivity contribution in [2.24, 2.45) is 5.73 Å². The molecule has 0 aliphatic heterocycles. The van der Waals surface area contributed by atoms with E-state index >= 15 is 0 Å². The molecule has 0 saturated heterocycles. The average molecular weight is 136 g/mol. The highest BCUT2D eigenvalue weighted by Gasteiger charge is 2.13. The van der Waals surface area contributed by atoms with Crippen molar-refractivity contribution in [3.8, 4) is 0 Å². The van der Waals surface area contributed by atoms with Gasteiger partial charge in [-0.05, 0) is 6.42 Å². The molecule has 5 heteroatoms. The lowest BCUT2D eigenvalue weighted by Gasteiger charge is -2.25. The number of rotatable bonds is 3. The smallest absolute Gasteiger partial charge is 0.157 e. The van der Waals surface area contributed by atoms with Gasteiger partial charge in [-0.25, -0.2) is 0 Å². The number of hydrogen-bond donors (Lipinski definition) is 3. The van der Waals surface area contributed by atoms with E-state index < -0.39 is 11.0 Å². The van der Waals surface area contributed by atoms with Gasteiger partial charge in [0.1, 0.15) is 0 Å². The van der Waals surface area contributed by atoms with Crippen molar-refractivity contribution >= 4 is 0 Å². The number of nitrogens with two attached hydrogens (primary N) is 1. The number of hydrogen-bond acceptors (Lipinski definition) is 4. The third-order valence-corrected chi connectivity index (χ3v) is 0.997. The minimum absolute atomic E-state index is 0.378. The van der Waals surface area contributed by atoms with E-state index in [4.69, 9.17) is 16.1 Å². The largest absolute Gasteiger partial charge is 0.564 e. The molecule has 0 radical (unpaired) electrons. The van der Waals surface area contributed by atoms with E-state index in [9.17, 15) is 5.21 Å². The Bertz CT molecular complexity index is 80.4. The molecule has 0 rings (SSSR count). The zero-order chi connectivity index (χ0) is 7.49. The van der Waals surface area contributed by atoms with Gasteiger partial charge in [0.25, 0.3) is 0 Å². The molecule has 0 aromatic rings. The van der Waals surface area contributed by atoms with Gasteiger partial charge in [0.05, 0.1) is 6.04 Å². The molecule has 56 valence electrons. The molecule has 0 fully saturated rings. The normalized spacial score (nSPS) is 15.7. The zero-order valence-electron chi connectivity index (χ0n) is 5.32. The summed E-state index contributed by atoms with van der Waals surface area (Å²) in [5.74, 6) is 0. The van der Waals surface area contributed by atoms with Crippen LogP contribution < -0.4 is 5.73 Å². The summed E-state index contributed by atoms with van der Waals surface area (Å²) in [5.41, 5.74) is 5.22. The monoisotopic (exact) mass is 136 g/mol. The van der Waals surface area contributed by atoms with Gasteiger partial charge in [0.2, 0.25) is 0 Å². The number of hydroxylamine groups is 3. The summed E-state index contributed by atoms with van der Waals surface area (Å²) < 4.78 is 0. The molecule has 0 aromatic heterocycles. The average Bonchev–Trinajstić information content (AvgIpc) is 1.62. The second-order valence-electron chi connectivity index (χ2n) is 2.02. The van der Waals surface area contributed by atoms with Crippen molar-refractivity contribution in [3.63, 3.8) is 0 Å². The van der Waals surface area contributed by atoms with Crippen LogP contribution in [-0.4, -0.2) is 28.0 Å². The van der Waals surface area contributed by atoms with Crippen LogP contribution in [0.4, 0.5) is 0 Å². The predicted octanol–water partition coefficient (Wildman–Crippen LogP) is -0.183. The Morgan fingerprint density at radius 2 is 2.11 bits per heavy atom. The van der Waals surface area contributed by atoms with Crippen LogP contribution in [0.1, 0.15) is 13.3 Å². The molecule has 0 aromatic carbocycles. The molecule has 0 aliphatic carbocycles. The maximum atomic E-state index is 10.0. The van der Waals surface area contributed by atoms with Crippen LogP contribution >= 0.6 is 0 Å². The summed E-state index contributed by atoms with van der Waals surface area (Å²) in [6.45, 7) is 1.39. The summed E-state index contributed by atoms with van der Waals surface area (Å²) in [7, 11) is 0. The summed E-state index contributed by atoms with van der Waals surface area (Å²) >= 11 is 0. The molecule has 0 aliphatic rings. The molecule has 1 atom stereocenters. The van der Waals surface area contributed by atoms with E-state index in [-0.39, 0.29) is 6.54 Å². The third-order valence-electron chi connectivity index (χ3n) is 0.997. The Morgan fingerprint density at radius 1 is 1.67 bits per heavy atom. The SMILES string of the molecule is CCC(N)C[N+]([O-])(O)O. The van der Waals surface area contributed by atoms with E-state index in [2.05, 4.69) is 0 Å². The van der Waals surface area contributed by atoms with E-state index in [1.807, 2.05) is 0 Å². The first-order valence-electron chi connectivity index (χ1n) is 2.76. The third kappa shape index (κ3) is 5.67. The predicted molar refractivity (Wildman–Crippen MR) is 30.3 cm³/mol. The maximum absolute atomic E-state index is 10.0. The van der Waals surface area contributed by atoms with Crippen molar-refractivity contribution in [1.29, 1.82) is 0 Å². The molecule has 0 spiro atoms. The lowest BCUT2D eigenvalue weighted by Crippen LogP contribution is -2.44. The van der Waals surface area contributed by atoms with Crippen molar-refractivity contribution in [3.05, 3.63) is 5.21 Å². The minimum atomic E-state index is -2.28. The van der Waals surface area contributed by atoms with Gasteiger partial charge in [-0.15, -0.1) is 0 Å². The lowest BCUT2D eigenvalue weighted by molar-refractivity contribution is -1.21. The molecule has 9 heavy (non-hydrogen) atoms. The van der Waals surface area contributed by atoms with E-state index in [0.29, 0.717) is 6.42 Å². The molecule has 0 saturated carbocycles. The fraction of sp³-hybridized carbons (Fsp3) is 1.00.